The van der Waals surface area contributed by atoms with Gasteiger partial charge in [-0.05, 0) is 50.5 Å². The standard InChI is InChI=1S/C26H28N8O3S/c1-5-12-33-25(35)20-17-27-26(30-24(20)34(33)18-7-6-8-19(16-18)38(4,36)37)29-23-10-9-22-21(28-23)11-13-32(22)15-14-31(2)3/h5-11,13,16-17H,1,12,14-15H2,2-4H3,(H,27,28,29,30). The first-order chi connectivity index (χ1) is 18.2. The second-order valence-electron chi connectivity index (χ2n) is 9.23. The molecule has 5 rings (SSSR count). The Kier molecular flexibility index (Phi) is 6.59. The molecule has 0 spiro atoms. The molecule has 0 saturated heterocycles. The molecule has 0 bridgehead atoms. The maximum Gasteiger partial charge on any atom is 0.278 e. The Balaban J connectivity index is 1.56. The quantitative estimate of drug-likeness (QED) is 0.288. The van der Waals surface area contributed by atoms with Crippen molar-refractivity contribution in [3.8, 4) is 5.69 Å². The molecule has 0 aliphatic rings. The molecule has 0 aliphatic heterocycles. The van der Waals surface area contributed by atoms with Crippen molar-refractivity contribution in [1.29, 1.82) is 0 Å². The second-order valence-corrected chi connectivity index (χ2v) is 11.2. The number of fused-ring (bicyclic) bond motifs is 2. The molecule has 11 nitrogen and oxygen atoms in total. The molecule has 12 heteroatoms. The molecule has 5 aromatic rings. The lowest BCUT2D eigenvalue weighted by molar-refractivity contribution is 0.387. The molecule has 1 N–H and O–H groups in total. The van der Waals surface area contributed by atoms with Gasteiger partial charge in [-0.15, -0.1) is 6.58 Å². The number of likely N-dealkylation sites (N-methyl/N-ethyl adjacent to an activating group) is 1. The monoisotopic (exact) mass is 532 g/mol. The maximum atomic E-state index is 13.2. The first-order valence-electron chi connectivity index (χ1n) is 11.9. The summed E-state index contributed by atoms with van der Waals surface area (Å²) in [6.07, 6.45) is 6.20. The number of hydrogen-bond donors (Lipinski definition) is 1. The van der Waals surface area contributed by atoms with Crippen LogP contribution < -0.4 is 10.9 Å². The Morgan fingerprint density at radius 3 is 2.68 bits per heavy atom. The average molecular weight is 533 g/mol. The molecule has 4 heterocycles. The lowest BCUT2D eigenvalue weighted by Gasteiger charge is -2.12. The highest BCUT2D eigenvalue weighted by atomic mass is 32.2. The van der Waals surface area contributed by atoms with Crippen LogP contribution >= 0.6 is 0 Å². The highest BCUT2D eigenvalue weighted by Gasteiger charge is 2.18. The van der Waals surface area contributed by atoms with Crippen LogP contribution in [0.5, 0.6) is 0 Å². The van der Waals surface area contributed by atoms with E-state index in [0.29, 0.717) is 22.5 Å². The first-order valence-corrected chi connectivity index (χ1v) is 13.8. The zero-order chi connectivity index (χ0) is 27.0. The van der Waals surface area contributed by atoms with Crippen LogP contribution in [0.15, 0.2) is 77.2 Å². The number of rotatable bonds is 9. The largest absolute Gasteiger partial charge is 0.345 e. The third-order valence-corrected chi connectivity index (χ3v) is 7.23. The summed E-state index contributed by atoms with van der Waals surface area (Å²) in [5.74, 6) is 0.806. The Morgan fingerprint density at radius 2 is 1.95 bits per heavy atom. The Labute approximate surface area is 219 Å². The third-order valence-electron chi connectivity index (χ3n) is 6.12. The van der Waals surface area contributed by atoms with Crippen molar-refractivity contribution in [3.05, 3.63) is 77.9 Å². The van der Waals surface area contributed by atoms with Gasteiger partial charge in [0, 0.05) is 31.7 Å². The van der Waals surface area contributed by atoms with Gasteiger partial charge in [0.25, 0.3) is 5.56 Å². The number of aromatic nitrogens is 6. The SMILES string of the molecule is C=CCn1c(=O)c2cnc(Nc3ccc4c(ccn4CCN(C)C)n3)nc2n1-c1cccc(S(C)(=O)=O)c1. The highest BCUT2D eigenvalue weighted by molar-refractivity contribution is 7.90. The second kappa shape index (κ2) is 9.88. The maximum absolute atomic E-state index is 13.2. The fraction of sp³-hybridized carbons (Fsp3) is 0.231. The first kappa shape index (κ1) is 25.4. The number of hydrogen-bond acceptors (Lipinski definition) is 8. The molecule has 0 saturated carbocycles. The smallest absolute Gasteiger partial charge is 0.278 e. The number of nitrogens with one attached hydrogen (secondary N) is 1. The fourth-order valence-corrected chi connectivity index (χ4v) is 4.91. The molecule has 0 atom stereocenters. The minimum absolute atomic E-state index is 0.136. The number of benzene rings is 1. The van der Waals surface area contributed by atoms with E-state index in [-0.39, 0.29) is 22.9 Å². The molecular weight excluding hydrogens is 504 g/mol. The van der Waals surface area contributed by atoms with Gasteiger partial charge in [-0.2, -0.15) is 4.98 Å². The van der Waals surface area contributed by atoms with Crippen molar-refractivity contribution in [1.82, 2.24) is 33.8 Å². The van der Waals surface area contributed by atoms with Gasteiger partial charge in [0.2, 0.25) is 5.95 Å². The van der Waals surface area contributed by atoms with E-state index in [9.17, 15) is 13.2 Å². The fourth-order valence-electron chi connectivity index (χ4n) is 4.24. The minimum atomic E-state index is -3.46. The van der Waals surface area contributed by atoms with Crippen LogP contribution in [0.4, 0.5) is 11.8 Å². The van der Waals surface area contributed by atoms with Crippen LogP contribution in [0.2, 0.25) is 0 Å². The molecule has 0 radical (unpaired) electrons. The number of allylic oxidation sites excluding steroid dienone is 1. The van der Waals surface area contributed by atoms with Gasteiger partial charge in [-0.3, -0.25) is 4.79 Å². The van der Waals surface area contributed by atoms with E-state index in [1.165, 1.54) is 23.0 Å². The van der Waals surface area contributed by atoms with Crippen molar-refractivity contribution in [2.75, 3.05) is 32.2 Å². The van der Waals surface area contributed by atoms with Gasteiger partial charge in [-0.25, -0.2) is 27.7 Å². The molecule has 0 aliphatic carbocycles. The summed E-state index contributed by atoms with van der Waals surface area (Å²) in [5.41, 5.74) is 2.35. The van der Waals surface area contributed by atoms with Gasteiger partial charge in [-0.1, -0.05) is 12.1 Å². The van der Waals surface area contributed by atoms with Crippen LogP contribution in [-0.4, -0.2) is 69.1 Å². The highest BCUT2D eigenvalue weighted by Crippen LogP contribution is 2.22. The zero-order valence-electron chi connectivity index (χ0n) is 21.4. The van der Waals surface area contributed by atoms with E-state index in [1.54, 1.807) is 22.9 Å². The summed E-state index contributed by atoms with van der Waals surface area (Å²) in [5, 5.41) is 3.43. The van der Waals surface area contributed by atoms with Crippen molar-refractivity contribution >= 4 is 43.7 Å². The number of nitrogens with zero attached hydrogens (tertiary/aromatic N) is 7. The number of pyridine rings is 1. The minimum Gasteiger partial charge on any atom is -0.345 e. The number of sulfone groups is 1. The van der Waals surface area contributed by atoms with Crippen LogP contribution in [0.3, 0.4) is 0 Å². The topological polar surface area (TPSA) is 120 Å². The van der Waals surface area contributed by atoms with Crippen LogP contribution in [0.25, 0.3) is 27.8 Å². The Hall–Kier alpha value is -4.29. The predicted molar refractivity (Wildman–Crippen MR) is 148 cm³/mol. The van der Waals surface area contributed by atoms with Gasteiger partial charge in [0.05, 0.1) is 28.2 Å². The Morgan fingerprint density at radius 1 is 1.13 bits per heavy atom. The zero-order valence-corrected chi connectivity index (χ0v) is 22.2. The van der Waals surface area contributed by atoms with E-state index in [1.807, 2.05) is 38.5 Å². The Bertz CT molecular complexity index is 1830. The van der Waals surface area contributed by atoms with E-state index in [0.717, 1.165) is 30.4 Å². The molecule has 38 heavy (non-hydrogen) atoms. The van der Waals surface area contributed by atoms with Gasteiger partial charge < -0.3 is 14.8 Å². The van der Waals surface area contributed by atoms with Crippen molar-refractivity contribution in [2.24, 2.45) is 0 Å². The normalized spacial score (nSPS) is 12.0. The molecule has 0 fully saturated rings. The molecule has 0 amide bonds. The predicted octanol–water partition coefficient (Wildman–Crippen LogP) is 2.83. The van der Waals surface area contributed by atoms with E-state index in [4.69, 9.17) is 4.98 Å². The van der Waals surface area contributed by atoms with Crippen LogP contribution in [0.1, 0.15) is 0 Å². The summed E-state index contributed by atoms with van der Waals surface area (Å²) in [6, 6.07) is 12.2. The molecule has 4 aromatic heterocycles. The van der Waals surface area contributed by atoms with Crippen molar-refractivity contribution in [2.45, 2.75) is 18.0 Å². The summed E-state index contributed by atoms with van der Waals surface area (Å²) >= 11 is 0. The van der Waals surface area contributed by atoms with E-state index >= 15 is 0 Å². The van der Waals surface area contributed by atoms with Crippen LogP contribution in [0, 0.1) is 0 Å². The summed E-state index contributed by atoms with van der Waals surface area (Å²) in [4.78, 5) is 29.1. The number of anilines is 2. The third kappa shape index (κ3) is 4.83. The molecular formula is C26H28N8O3S. The molecule has 196 valence electrons. The molecule has 0 unspecified atom stereocenters. The van der Waals surface area contributed by atoms with E-state index < -0.39 is 9.84 Å². The summed E-state index contributed by atoms with van der Waals surface area (Å²) < 4.78 is 29.5. The lowest BCUT2D eigenvalue weighted by atomic mass is 10.3. The van der Waals surface area contributed by atoms with Gasteiger partial charge in [0.1, 0.15) is 11.2 Å². The molecule has 1 aromatic carbocycles. The summed E-state index contributed by atoms with van der Waals surface area (Å²) in [6.45, 7) is 5.71. The van der Waals surface area contributed by atoms with Crippen LogP contribution in [-0.2, 0) is 22.9 Å². The van der Waals surface area contributed by atoms with E-state index in [2.05, 4.69) is 31.3 Å². The van der Waals surface area contributed by atoms with Gasteiger partial charge >= 0.3 is 0 Å². The average Bonchev–Trinajstić information content (AvgIpc) is 3.40. The lowest BCUT2D eigenvalue weighted by Crippen LogP contribution is -2.21. The van der Waals surface area contributed by atoms with Crippen molar-refractivity contribution in [3.63, 3.8) is 0 Å². The van der Waals surface area contributed by atoms with Gasteiger partial charge in [0.15, 0.2) is 15.5 Å². The van der Waals surface area contributed by atoms with Crippen molar-refractivity contribution < 1.29 is 8.42 Å². The summed E-state index contributed by atoms with van der Waals surface area (Å²) in [7, 11) is 0.619.